The number of aromatic nitrogens is 1. The molecular formula is C12H10NO2S+. The van der Waals surface area contributed by atoms with Crippen molar-refractivity contribution in [3.8, 4) is 17.0 Å². The summed E-state index contributed by atoms with van der Waals surface area (Å²) in [7, 11) is 0. The lowest BCUT2D eigenvalue weighted by atomic mass is 10.1. The van der Waals surface area contributed by atoms with Crippen molar-refractivity contribution in [1.82, 2.24) is 4.98 Å². The molecule has 0 aliphatic carbocycles. The average Bonchev–Trinajstić information content (AvgIpc) is 2.32. The van der Waals surface area contributed by atoms with Crippen LogP contribution < -0.4 is 0 Å². The molecule has 0 bridgehead atoms. The van der Waals surface area contributed by atoms with Crippen LogP contribution in [0.2, 0.25) is 0 Å². The van der Waals surface area contributed by atoms with Crippen LogP contribution in [0.5, 0.6) is 5.75 Å². The fourth-order valence-electron chi connectivity index (χ4n) is 1.40. The van der Waals surface area contributed by atoms with Gasteiger partial charge in [-0.1, -0.05) is 24.3 Å². The van der Waals surface area contributed by atoms with Crippen molar-refractivity contribution in [2.75, 3.05) is 0 Å². The van der Waals surface area contributed by atoms with Crippen LogP contribution >= 0.6 is 0 Å². The van der Waals surface area contributed by atoms with Crippen LogP contribution in [0.25, 0.3) is 11.3 Å². The largest absolute Gasteiger partial charge is 0.506 e. The molecule has 0 saturated heterocycles. The number of nitrogens with zero attached hydrogens (tertiary/aromatic N) is 1. The van der Waals surface area contributed by atoms with E-state index in [2.05, 4.69) is 4.98 Å². The van der Waals surface area contributed by atoms with Crippen LogP contribution in [-0.2, 0) is 21.6 Å². The predicted octanol–water partition coefficient (Wildman–Crippen LogP) is 2.38. The smallest absolute Gasteiger partial charge is 0.463 e. The predicted molar refractivity (Wildman–Crippen MR) is 63.1 cm³/mol. The molecule has 3 nitrogen and oxygen atoms in total. The van der Waals surface area contributed by atoms with E-state index in [9.17, 15) is 4.21 Å². The number of hydrogen-bond donors (Lipinski definition) is 1. The van der Waals surface area contributed by atoms with E-state index in [4.69, 9.17) is 5.11 Å². The van der Waals surface area contributed by atoms with Gasteiger partial charge in [0.2, 0.25) is 0 Å². The molecular weight excluding hydrogens is 222 g/mol. The van der Waals surface area contributed by atoms with E-state index in [1.807, 2.05) is 24.3 Å². The molecule has 80 valence electrons. The molecule has 1 N–H and O–H groups in total. The Balaban J connectivity index is 2.27. The summed E-state index contributed by atoms with van der Waals surface area (Å²) in [5, 5.41) is 9.12. The first-order valence-corrected chi connectivity index (χ1v) is 5.70. The molecule has 0 amide bonds. The van der Waals surface area contributed by atoms with Crippen LogP contribution in [-0.4, -0.2) is 10.1 Å². The maximum Gasteiger partial charge on any atom is 0.463 e. The lowest BCUT2D eigenvalue weighted by Crippen LogP contribution is -1.85. The van der Waals surface area contributed by atoms with Crippen molar-refractivity contribution in [2.24, 2.45) is 0 Å². The molecule has 0 radical (unpaired) electrons. The number of benzene rings is 1. The van der Waals surface area contributed by atoms with Gasteiger partial charge in [0.25, 0.3) is 5.75 Å². The molecule has 0 atom stereocenters. The van der Waals surface area contributed by atoms with Crippen molar-refractivity contribution >= 4 is 11.7 Å². The topological polar surface area (TPSA) is 50.2 Å². The summed E-state index contributed by atoms with van der Waals surface area (Å²) < 4.78 is 10.4. The van der Waals surface area contributed by atoms with E-state index in [-0.39, 0.29) is 5.75 Å². The number of rotatable bonds is 3. The van der Waals surface area contributed by atoms with Gasteiger partial charge in [-0.2, -0.15) is 0 Å². The minimum absolute atomic E-state index is 0.156. The first kappa shape index (κ1) is 10.7. The summed E-state index contributed by atoms with van der Waals surface area (Å²) in [5.41, 5.74) is 2.78. The Morgan fingerprint density at radius 3 is 2.44 bits per heavy atom. The standard InChI is InChI=1S/C12H9NO2S/c14-11-5-6-12(13-7-11)10-3-1-9(2-4-10)8-16-15/h1-7H,8H2/p+1. The molecule has 2 aromatic rings. The third kappa shape index (κ3) is 2.41. The summed E-state index contributed by atoms with van der Waals surface area (Å²) in [6, 6.07) is 11.0. The monoisotopic (exact) mass is 232 g/mol. The Morgan fingerprint density at radius 1 is 1.12 bits per heavy atom. The molecule has 4 heteroatoms. The second-order valence-electron chi connectivity index (χ2n) is 3.36. The fraction of sp³-hybridized carbons (Fsp3) is 0.0833. The second-order valence-corrected chi connectivity index (χ2v) is 3.89. The van der Waals surface area contributed by atoms with Gasteiger partial charge in [-0.3, -0.25) is 4.98 Å². The highest BCUT2D eigenvalue weighted by atomic mass is 32.1. The number of hydrogen-bond acceptors (Lipinski definition) is 3. The van der Waals surface area contributed by atoms with Gasteiger partial charge < -0.3 is 5.11 Å². The van der Waals surface area contributed by atoms with Crippen LogP contribution in [0.1, 0.15) is 5.56 Å². The zero-order valence-corrected chi connectivity index (χ0v) is 9.28. The summed E-state index contributed by atoms with van der Waals surface area (Å²) in [4.78, 5) is 4.11. The van der Waals surface area contributed by atoms with E-state index < -0.39 is 0 Å². The van der Waals surface area contributed by atoms with Gasteiger partial charge in [0.15, 0.2) is 0 Å². The van der Waals surface area contributed by atoms with Gasteiger partial charge in [0.1, 0.15) is 5.75 Å². The summed E-state index contributed by atoms with van der Waals surface area (Å²) in [6.07, 6.45) is 1.41. The molecule has 1 heterocycles. The number of pyridine rings is 1. The van der Waals surface area contributed by atoms with E-state index in [1.54, 1.807) is 12.1 Å². The Labute approximate surface area is 97.3 Å². The highest BCUT2D eigenvalue weighted by Gasteiger charge is 2.03. The van der Waals surface area contributed by atoms with Gasteiger partial charge in [-0.15, -0.1) is 0 Å². The van der Waals surface area contributed by atoms with E-state index in [0.717, 1.165) is 16.8 Å². The van der Waals surface area contributed by atoms with E-state index in [0.29, 0.717) is 17.4 Å². The minimum atomic E-state index is 0.156. The second kappa shape index (κ2) is 4.81. The van der Waals surface area contributed by atoms with Gasteiger partial charge in [-0.25, -0.2) is 0 Å². The maximum absolute atomic E-state index is 10.4. The quantitative estimate of drug-likeness (QED) is 0.826. The van der Waals surface area contributed by atoms with E-state index >= 15 is 0 Å². The molecule has 0 fully saturated rings. The molecule has 0 saturated carbocycles. The summed E-state index contributed by atoms with van der Waals surface area (Å²) >= 11 is 0.560. The van der Waals surface area contributed by atoms with Crippen LogP contribution in [0.4, 0.5) is 0 Å². The Bertz CT molecular complexity index is 479. The molecule has 0 spiro atoms. The summed E-state index contributed by atoms with van der Waals surface area (Å²) in [6.45, 7) is 0. The molecule has 1 aromatic heterocycles. The number of aromatic hydroxyl groups is 1. The van der Waals surface area contributed by atoms with Crippen molar-refractivity contribution in [1.29, 1.82) is 0 Å². The Morgan fingerprint density at radius 2 is 1.88 bits per heavy atom. The molecule has 16 heavy (non-hydrogen) atoms. The van der Waals surface area contributed by atoms with Gasteiger partial charge in [0.05, 0.1) is 11.9 Å². The van der Waals surface area contributed by atoms with Crippen molar-refractivity contribution in [2.45, 2.75) is 5.75 Å². The normalized spacial score (nSPS) is 10.0. The van der Waals surface area contributed by atoms with E-state index in [1.165, 1.54) is 6.20 Å². The lowest BCUT2D eigenvalue weighted by Gasteiger charge is -2.00. The van der Waals surface area contributed by atoms with Crippen molar-refractivity contribution < 1.29 is 9.32 Å². The van der Waals surface area contributed by atoms with Crippen LogP contribution in [0.3, 0.4) is 0 Å². The fourth-order valence-corrected chi connectivity index (χ4v) is 1.73. The Hall–Kier alpha value is -1.81. The van der Waals surface area contributed by atoms with Crippen molar-refractivity contribution in [3.63, 3.8) is 0 Å². The van der Waals surface area contributed by atoms with Gasteiger partial charge in [-0.05, 0) is 12.1 Å². The first-order chi connectivity index (χ1) is 7.79. The highest BCUT2D eigenvalue weighted by molar-refractivity contribution is 7.64. The highest BCUT2D eigenvalue weighted by Crippen LogP contribution is 2.19. The molecule has 1 aromatic carbocycles. The zero-order valence-electron chi connectivity index (χ0n) is 8.46. The molecule has 0 unspecified atom stereocenters. The SMILES string of the molecule is O=[S+]Cc1ccc(-c2ccc(O)cn2)cc1. The van der Waals surface area contributed by atoms with Crippen molar-refractivity contribution in [3.05, 3.63) is 48.2 Å². The molecule has 2 rings (SSSR count). The first-order valence-electron chi connectivity index (χ1n) is 4.79. The van der Waals surface area contributed by atoms with Gasteiger partial charge >= 0.3 is 11.7 Å². The molecule has 0 aliphatic heterocycles. The third-order valence-corrected chi connectivity index (χ3v) is 2.67. The Kier molecular flexibility index (Phi) is 3.22. The van der Waals surface area contributed by atoms with Crippen LogP contribution in [0, 0.1) is 0 Å². The average molecular weight is 232 g/mol. The third-order valence-electron chi connectivity index (χ3n) is 2.22. The summed E-state index contributed by atoms with van der Waals surface area (Å²) in [5.74, 6) is 0.631. The lowest BCUT2D eigenvalue weighted by molar-refractivity contribution is 0.473. The minimum Gasteiger partial charge on any atom is -0.506 e. The zero-order chi connectivity index (χ0) is 11.4. The molecule has 0 aliphatic rings. The van der Waals surface area contributed by atoms with Crippen LogP contribution in [0.15, 0.2) is 42.6 Å². The maximum atomic E-state index is 10.4. The van der Waals surface area contributed by atoms with Gasteiger partial charge in [0, 0.05) is 15.3 Å².